The zero-order valence-corrected chi connectivity index (χ0v) is 41.1. The van der Waals surface area contributed by atoms with Crippen LogP contribution in [-0.2, 0) is 4.79 Å². The van der Waals surface area contributed by atoms with Crippen LogP contribution in [-0.4, -0.2) is 57.3 Å². The number of carbonyl (C=O) groups excluding carboxylic acids is 1. The zero-order valence-electron chi connectivity index (χ0n) is 41.1. The van der Waals surface area contributed by atoms with Gasteiger partial charge in [0.05, 0.1) is 18.8 Å². The van der Waals surface area contributed by atoms with Crippen LogP contribution in [0.4, 0.5) is 0 Å². The molecule has 0 aromatic carbocycles. The van der Waals surface area contributed by atoms with Gasteiger partial charge in [-0.3, -0.25) is 4.79 Å². The van der Waals surface area contributed by atoms with Gasteiger partial charge < -0.3 is 25.7 Å². The summed E-state index contributed by atoms with van der Waals surface area (Å²) in [5.74, 6) is -0.604. The highest BCUT2D eigenvalue weighted by Gasteiger charge is 2.28. The molecule has 0 aliphatic heterocycles. The number of unbranched alkanes of at least 4 members (excludes halogenated alkanes) is 32. The van der Waals surface area contributed by atoms with Gasteiger partial charge in [0.2, 0.25) is 5.91 Å². The number of allylic oxidation sites excluding steroid dienone is 8. The topological polar surface area (TPSA) is 110 Å². The molecule has 0 rings (SSSR count). The van der Waals surface area contributed by atoms with Crippen LogP contribution in [0, 0.1) is 0 Å². The number of carbonyl (C=O) groups is 1. The Bertz CT molecular complexity index is 1020. The third kappa shape index (κ3) is 43.5. The van der Waals surface area contributed by atoms with Crippen molar-refractivity contribution in [1.29, 1.82) is 0 Å². The first-order valence-corrected chi connectivity index (χ1v) is 27.0. The predicted molar refractivity (Wildman–Crippen MR) is 270 cm³/mol. The molecule has 0 bridgehead atoms. The van der Waals surface area contributed by atoms with Crippen molar-refractivity contribution in [3.05, 3.63) is 48.6 Å². The molecule has 6 heteroatoms. The first-order valence-electron chi connectivity index (χ1n) is 27.0. The van der Waals surface area contributed by atoms with Crippen LogP contribution in [0.3, 0.4) is 0 Å². The lowest BCUT2D eigenvalue weighted by Gasteiger charge is -2.27. The Labute approximate surface area is 385 Å². The van der Waals surface area contributed by atoms with Crippen molar-refractivity contribution in [3.63, 3.8) is 0 Å². The molecule has 0 spiro atoms. The molecule has 6 nitrogen and oxygen atoms in total. The monoisotopic (exact) mass is 872 g/mol. The molecule has 0 heterocycles. The van der Waals surface area contributed by atoms with E-state index in [1.165, 1.54) is 173 Å². The second kappa shape index (κ2) is 50.3. The van der Waals surface area contributed by atoms with Crippen molar-refractivity contribution in [3.8, 4) is 0 Å². The van der Waals surface area contributed by atoms with E-state index in [2.05, 4.69) is 67.8 Å². The molecule has 0 aromatic heterocycles. The highest BCUT2D eigenvalue weighted by Crippen LogP contribution is 2.16. The van der Waals surface area contributed by atoms with Crippen LogP contribution in [0.25, 0.3) is 0 Å². The highest BCUT2D eigenvalue weighted by atomic mass is 16.3. The maximum absolute atomic E-state index is 12.6. The van der Waals surface area contributed by atoms with E-state index in [1.807, 2.05) is 0 Å². The third-order valence-corrected chi connectivity index (χ3v) is 12.5. The van der Waals surface area contributed by atoms with Gasteiger partial charge in [0.1, 0.15) is 12.2 Å². The molecule has 0 aliphatic rings. The lowest BCUT2D eigenvalue weighted by Crippen LogP contribution is -2.53. The third-order valence-electron chi connectivity index (χ3n) is 12.5. The summed E-state index contributed by atoms with van der Waals surface area (Å²) in [4.78, 5) is 12.6. The molecule has 0 saturated heterocycles. The summed E-state index contributed by atoms with van der Waals surface area (Å²) in [5.41, 5.74) is 0. The average molecular weight is 872 g/mol. The Hall–Kier alpha value is -1.73. The van der Waals surface area contributed by atoms with Gasteiger partial charge in [-0.15, -0.1) is 0 Å². The molecule has 0 aliphatic carbocycles. The maximum atomic E-state index is 12.6. The lowest BCUT2D eigenvalue weighted by atomic mass is 10.00. The Morgan fingerprint density at radius 2 is 0.677 bits per heavy atom. The summed E-state index contributed by atoms with van der Waals surface area (Å²) in [6, 6.07) is -1.02. The molecule has 1 amide bonds. The molecular formula is C56H105NO5. The predicted octanol–water partition coefficient (Wildman–Crippen LogP) is 15.4. The van der Waals surface area contributed by atoms with Gasteiger partial charge in [0.15, 0.2) is 0 Å². The normalized spacial score (nSPS) is 14.2. The molecule has 4 unspecified atom stereocenters. The Morgan fingerprint density at radius 3 is 1.02 bits per heavy atom. The van der Waals surface area contributed by atoms with Gasteiger partial charge in [0.25, 0.3) is 0 Å². The van der Waals surface area contributed by atoms with E-state index in [1.54, 1.807) is 0 Å². The first kappa shape index (κ1) is 60.3. The van der Waals surface area contributed by atoms with Gasteiger partial charge in [-0.25, -0.2) is 0 Å². The molecular weight excluding hydrogens is 767 g/mol. The fourth-order valence-electron chi connectivity index (χ4n) is 8.20. The van der Waals surface area contributed by atoms with Crippen molar-refractivity contribution >= 4 is 5.91 Å². The van der Waals surface area contributed by atoms with E-state index in [0.717, 1.165) is 64.2 Å². The van der Waals surface area contributed by atoms with Gasteiger partial charge in [-0.2, -0.15) is 0 Å². The molecule has 5 N–H and O–H groups in total. The smallest absolute Gasteiger partial charge is 0.249 e. The fourth-order valence-corrected chi connectivity index (χ4v) is 8.20. The van der Waals surface area contributed by atoms with Crippen molar-refractivity contribution < 1.29 is 25.2 Å². The second-order valence-corrected chi connectivity index (χ2v) is 18.5. The van der Waals surface area contributed by atoms with Gasteiger partial charge >= 0.3 is 0 Å². The lowest BCUT2D eigenvalue weighted by molar-refractivity contribution is -0.132. The van der Waals surface area contributed by atoms with Crippen LogP contribution in [0.1, 0.15) is 271 Å². The first-order chi connectivity index (χ1) is 30.5. The Morgan fingerprint density at radius 1 is 0.387 bits per heavy atom. The number of hydrogen-bond acceptors (Lipinski definition) is 5. The second-order valence-electron chi connectivity index (χ2n) is 18.5. The molecule has 364 valence electrons. The molecule has 4 atom stereocenters. The van der Waals surface area contributed by atoms with Crippen molar-refractivity contribution in [2.24, 2.45) is 0 Å². The van der Waals surface area contributed by atoms with E-state index < -0.39 is 36.9 Å². The molecule has 0 saturated carbocycles. The van der Waals surface area contributed by atoms with E-state index in [4.69, 9.17) is 0 Å². The molecule has 0 fully saturated rings. The average Bonchev–Trinajstić information content (AvgIpc) is 3.28. The van der Waals surface area contributed by atoms with E-state index in [0.29, 0.717) is 19.3 Å². The SMILES string of the molecule is CCCCCCCCCC/C=C\CCCCCCCCC(O)C(=O)NC(CO)C(O)C(O)CCC/C=C/CC/C=C/CC/C=C/CCCCCCCCCCCCCCCCC. The number of amides is 1. The fraction of sp³-hybridized carbons (Fsp3) is 0.839. The van der Waals surface area contributed by atoms with Crippen LogP contribution in [0.2, 0.25) is 0 Å². The van der Waals surface area contributed by atoms with Crippen molar-refractivity contribution in [2.75, 3.05) is 6.61 Å². The van der Waals surface area contributed by atoms with Gasteiger partial charge in [-0.05, 0) is 89.9 Å². The Kier molecular flexibility index (Phi) is 48.9. The van der Waals surface area contributed by atoms with Crippen LogP contribution < -0.4 is 5.32 Å². The van der Waals surface area contributed by atoms with E-state index in [-0.39, 0.29) is 0 Å². The number of hydrogen-bond donors (Lipinski definition) is 5. The molecule has 0 radical (unpaired) electrons. The van der Waals surface area contributed by atoms with Crippen molar-refractivity contribution in [1.82, 2.24) is 5.32 Å². The quantitative estimate of drug-likeness (QED) is 0.0309. The van der Waals surface area contributed by atoms with Crippen LogP contribution in [0.5, 0.6) is 0 Å². The zero-order chi connectivity index (χ0) is 45.2. The largest absolute Gasteiger partial charge is 0.394 e. The summed E-state index contributed by atoms with van der Waals surface area (Å²) in [7, 11) is 0. The summed E-state index contributed by atoms with van der Waals surface area (Å²) < 4.78 is 0. The summed E-state index contributed by atoms with van der Waals surface area (Å²) >= 11 is 0. The molecule has 62 heavy (non-hydrogen) atoms. The number of rotatable bonds is 49. The highest BCUT2D eigenvalue weighted by molar-refractivity contribution is 5.80. The minimum absolute atomic E-state index is 0.350. The van der Waals surface area contributed by atoms with Crippen molar-refractivity contribution in [2.45, 2.75) is 295 Å². The minimum Gasteiger partial charge on any atom is -0.394 e. The number of nitrogens with one attached hydrogen (secondary N) is 1. The molecule has 0 aromatic rings. The number of aliphatic hydroxyl groups excluding tert-OH is 4. The van der Waals surface area contributed by atoms with E-state index >= 15 is 0 Å². The van der Waals surface area contributed by atoms with E-state index in [9.17, 15) is 25.2 Å². The minimum atomic E-state index is -1.30. The van der Waals surface area contributed by atoms with Gasteiger partial charge in [-0.1, -0.05) is 229 Å². The standard InChI is InChI=1S/C56H105NO5/c1-3-5-7-9-11-13-15-17-19-21-23-24-25-26-27-28-29-30-31-32-34-35-37-39-41-43-45-47-49-53(59)55(61)52(51-58)57-56(62)54(60)50-48-46-44-42-40-38-36-33-22-20-18-16-14-12-10-8-6-4-2/h22,29-30,33-35,41,43,52-55,58-61H,3-21,23-28,31-32,36-40,42,44-51H2,1-2H3,(H,57,62)/b30-29+,33-22-,35-34+,43-41+. The number of aliphatic hydroxyl groups is 4. The maximum Gasteiger partial charge on any atom is 0.249 e. The summed E-state index contributed by atoms with van der Waals surface area (Å²) in [6.07, 6.45) is 63.2. The van der Waals surface area contributed by atoms with Crippen LogP contribution >= 0.6 is 0 Å². The summed E-state index contributed by atoms with van der Waals surface area (Å²) in [6.45, 7) is 4.05. The van der Waals surface area contributed by atoms with Gasteiger partial charge in [0, 0.05) is 0 Å². The summed E-state index contributed by atoms with van der Waals surface area (Å²) in [5, 5.41) is 43.9. The van der Waals surface area contributed by atoms with Crippen LogP contribution in [0.15, 0.2) is 48.6 Å². The Balaban J connectivity index is 3.74.